The van der Waals surface area contributed by atoms with Crippen LogP contribution in [0.15, 0.2) is 30.3 Å². The Labute approximate surface area is 103 Å². The van der Waals surface area contributed by atoms with Crippen LogP contribution in [0.4, 0.5) is 0 Å². The number of rotatable bonds is 3. The van der Waals surface area contributed by atoms with Crippen LogP contribution >= 0.6 is 0 Å². The quantitative estimate of drug-likeness (QED) is 0.834. The Kier molecular flexibility index (Phi) is 4.15. The molecule has 17 heavy (non-hydrogen) atoms. The minimum absolute atomic E-state index is 0.0560. The van der Waals surface area contributed by atoms with E-state index in [1.807, 2.05) is 6.07 Å². The van der Waals surface area contributed by atoms with E-state index in [0.29, 0.717) is 12.6 Å². The third-order valence-corrected chi connectivity index (χ3v) is 3.68. The maximum atomic E-state index is 9.87. The summed E-state index contributed by atoms with van der Waals surface area (Å²) in [4.78, 5) is 2.35. The molecule has 1 aliphatic rings. The summed E-state index contributed by atoms with van der Waals surface area (Å²) < 4.78 is 0. The van der Waals surface area contributed by atoms with Crippen LogP contribution in [-0.2, 0) is 0 Å². The van der Waals surface area contributed by atoms with Crippen LogP contribution in [0.3, 0.4) is 0 Å². The molecule has 0 radical (unpaired) electrons. The fraction of sp³-hybridized carbons (Fsp3) is 0.571. The largest absolute Gasteiger partial charge is 0.390 e. The molecule has 3 nitrogen and oxygen atoms in total. The van der Waals surface area contributed by atoms with Crippen LogP contribution < -0.4 is 5.73 Å². The molecule has 1 saturated heterocycles. The molecule has 0 aliphatic carbocycles. The van der Waals surface area contributed by atoms with E-state index in [-0.39, 0.29) is 12.1 Å². The zero-order valence-corrected chi connectivity index (χ0v) is 10.4. The minimum atomic E-state index is -0.387. The zero-order chi connectivity index (χ0) is 12.3. The second-order valence-corrected chi connectivity index (χ2v) is 4.85. The number of nitrogens with two attached hydrogens (primary N) is 1. The maximum absolute atomic E-state index is 9.87. The predicted molar refractivity (Wildman–Crippen MR) is 69.6 cm³/mol. The van der Waals surface area contributed by atoms with Crippen LogP contribution in [0.5, 0.6) is 0 Å². The number of benzene rings is 1. The smallest absolute Gasteiger partial charge is 0.0818 e. The van der Waals surface area contributed by atoms with E-state index >= 15 is 0 Å². The van der Waals surface area contributed by atoms with Gasteiger partial charge < -0.3 is 10.8 Å². The molecule has 1 heterocycles. The van der Waals surface area contributed by atoms with Gasteiger partial charge in [0.05, 0.1) is 6.10 Å². The van der Waals surface area contributed by atoms with Gasteiger partial charge in [-0.25, -0.2) is 0 Å². The van der Waals surface area contributed by atoms with Crippen LogP contribution in [0.2, 0.25) is 0 Å². The molecule has 0 spiro atoms. The third-order valence-electron chi connectivity index (χ3n) is 3.68. The summed E-state index contributed by atoms with van der Waals surface area (Å²) in [5, 5.41) is 9.87. The van der Waals surface area contributed by atoms with Crippen LogP contribution in [0.1, 0.15) is 31.4 Å². The molecule has 0 bridgehead atoms. The van der Waals surface area contributed by atoms with Gasteiger partial charge in [-0.1, -0.05) is 37.3 Å². The van der Waals surface area contributed by atoms with Crippen molar-refractivity contribution in [1.82, 2.24) is 4.90 Å². The summed E-state index contributed by atoms with van der Waals surface area (Å²) >= 11 is 0. The van der Waals surface area contributed by atoms with Crippen LogP contribution in [-0.4, -0.2) is 35.2 Å². The molecular formula is C14H22N2O. The van der Waals surface area contributed by atoms with Gasteiger partial charge in [0.1, 0.15) is 0 Å². The van der Waals surface area contributed by atoms with Crippen molar-refractivity contribution in [3.8, 4) is 0 Å². The van der Waals surface area contributed by atoms with E-state index in [4.69, 9.17) is 5.73 Å². The molecule has 1 unspecified atom stereocenters. The first-order valence-corrected chi connectivity index (χ1v) is 6.45. The monoisotopic (exact) mass is 234 g/mol. The van der Waals surface area contributed by atoms with E-state index in [1.165, 1.54) is 5.56 Å². The highest BCUT2D eigenvalue weighted by Crippen LogP contribution is 2.26. The van der Waals surface area contributed by atoms with Crippen molar-refractivity contribution in [3.05, 3.63) is 35.9 Å². The summed E-state index contributed by atoms with van der Waals surface area (Å²) in [6.45, 7) is 3.86. The van der Waals surface area contributed by atoms with Crippen LogP contribution in [0.25, 0.3) is 0 Å². The summed E-state index contributed by atoms with van der Waals surface area (Å²) in [7, 11) is 0. The molecule has 0 aromatic heterocycles. The highest BCUT2D eigenvalue weighted by molar-refractivity contribution is 5.19. The zero-order valence-electron chi connectivity index (χ0n) is 10.4. The Morgan fingerprint density at radius 1 is 1.41 bits per heavy atom. The number of nitrogens with zero attached hydrogens (tertiary/aromatic N) is 1. The first kappa shape index (κ1) is 12.6. The number of hydrogen-bond acceptors (Lipinski definition) is 3. The Hall–Kier alpha value is -0.900. The first-order valence-electron chi connectivity index (χ1n) is 6.45. The Morgan fingerprint density at radius 2 is 2.12 bits per heavy atom. The van der Waals surface area contributed by atoms with E-state index in [1.54, 1.807) is 0 Å². The minimum Gasteiger partial charge on any atom is -0.390 e. The van der Waals surface area contributed by atoms with Gasteiger partial charge in [-0.2, -0.15) is 0 Å². The number of aliphatic hydroxyl groups is 1. The number of aliphatic hydroxyl groups excluding tert-OH is 1. The van der Waals surface area contributed by atoms with Gasteiger partial charge in [0.2, 0.25) is 0 Å². The summed E-state index contributed by atoms with van der Waals surface area (Å²) in [6.07, 6.45) is 1.55. The highest BCUT2D eigenvalue weighted by Gasteiger charge is 2.29. The maximum Gasteiger partial charge on any atom is 0.0818 e. The van der Waals surface area contributed by atoms with Crippen molar-refractivity contribution in [2.24, 2.45) is 5.73 Å². The van der Waals surface area contributed by atoms with Gasteiger partial charge in [0.25, 0.3) is 0 Å². The standard InChI is InChI=1S/C14H22N2O/c1-2-13(11-6-4-3-5-7-11)16-9-8-12(15)14(17)10-16/h3-7,12-14,17H,2,8-10,15H2,1H3/t12-,13?,14-/m1/s1. The second kappa shape index (κ2) is 5.63. The van der Waals surface area contributed by atoms with E-state index in [0.717, 1.165) is 19.4 Å². The topological polar surface area (TPSA) is 49.5 Å². The molecule has 1 aromatic rings. The van der Waals surface area contributed by atoms with Crippen molar-refractivity contribution < 1.29 is 5.11 Å². The summed E-state index contributed by atoms with van der Waals surface area (Å²) in [5.41, 5.74) is 7.18. The highest BCUT2D eigenvalue weighted by atomic mass is 16.3. The van der Waals surface area contributed by atoms with E-state index in [9.17, 15) is 5.11 Å². The second-order valence-electron chi connectivity index (χ2n) is 4.85. The molecule has 1 fully saturated rings. The van der Waals surface area contributed by atoms with Crippen molar-refractivity contribution in [1.29, 1.82) is 0 Å². The molecule has 0 saturated carbocycles. The molecule has 3 heteroatoms. The van der Waals surface area contributed by atoms with E-state index < -0.39 is 0 Å². The number of hydrogen-bond donors (Lipinski definition) is 2. The number of likely N-dealkylation sites (tertiary alicyclic amines) is 1. The Bertz CT molecular complexity index is 341. The van der Waals surface area contributed by atoms with Crippen molar-refractivity contribution >= 4 is 0 Å². The average Bonchev–Trinajstić information content (AvgIpc) is 2.36. The molecule has 1 aliphatic heterocycles. The lowest BCUT2D eigenvalue weighted by molar-refractivity contribution is 0.0302. The van der Waals surface area contributed by atoms with Gasteiger partial charge in [0, 0.05) is 25.2 Å². The van der Waals surface area contributed by atoms with Crippen molar-refractivity contribution in [2.75, 3.05) is 13.1 Å². The van der Waals surface area contributed by atoms with Gasteiger partial charge in [-0.05, 0) is 18.4 Å². The molecular weight excluding hydrogens is 212 g/mol. The molecule has 3 N–H and O–H groups in total. The first-order chi connectivity index (χ1) is 8.22. The summed E-state index contributed by atoms with van der Waals surface area (Å²) in [6, 6.07) is 10.9. The molecule has 2 rings (SSSR count). The van der Waals surface area contributed by atoms with Crippen molar-refractivity contribution in [3.63, 3.8) is 0 Å². The fourth-order valence-corrected chi connectivity index (χ4v) is 2.64. The lowest BCUT2D eigenvalue weighted by atomic mass is 9.96. The number of piperidine rings is 1. The van der Waals surface area contributed by atoms with Gasteiger partial charge >= 0.3 is 0 Å². The number of β-amino-alcohol motifs (C(OH)–C–C–N with tert-alkyl or cyclic N) is 1. The average molecular weight is 234 g/mol. The summed E-state index contributed by atoms with van der Waals surface area (Å²) in [5.74, 6) is 0. The molecule has 94 valence electrons. The lowest BCUT2D eigenvalue weighted by Crippen LogP contribution is -2.51. The SMILES string of the molecule is CCC(c1ccccc1)N1CC[C@@H](N)[C@H](O)C1. The normalized spacial score (nSPS) is 27.9. The third kappa shape index (κ3) is 2.86. The van der Waals surface area contributed by atoms with Gasteiger partial charge in [0.15, 0.2) is 0 Å². The lowest BCUT2D eigenvalue weighted by Gasteiger charge is -2.39. The Morgan fingerprint density at radius 3 is 2.71 bits per heavy atom. The van der Waals surface area contributed by atoms with Gasteiger partial charge in [-0.15, -0.1) is 0 Å². The fourth-order valence-electron chi connectivity index (χ4n) is 2.64. The van der Waals surface area contributed by atoms with Gasteiger partial charge in [-0.3, -0.25) is 4.90 Å². The Balaban J connectivity index is 2.09. The molecule has 3 atom stereocenters. The predicted octanol–water partition coefficient (Wildman–Crippen LogP) is 1.53. The van der Waals surface area contributed by atoms with Crippen molar-refractivity contribution in [2.45, 2.75) is 38.0 Å². The molecule has 1 aromatic carbocycles. The van der Waals surface area contributed by atoms with E-state index in [2.05, 4.69) is 36.1 Å². The molecule has 0 amide bonds. The van der Waals surface area contributed by atoms with Crippen LogP contribution in [0, 0.1) is 0 Å².